The number of ether oxygens (including phenoxy) is 2. The van der Waals surface area contributed by atoms with Crippen molar-refractivity contribution in [3.63, 3.8) is 0 Å². The molecule has 7 rings (SSSR count). The molecule has 3 aromatic carbocycles. The number of likely N-dealkylation sites (tertiary alicyclic amines) is 3. The lowest BCUT2D eigenvalue weighted by Crippen LogP contribution is -2.50. The summed E-state index contributed by atoms with van der Waals surface area (Å²) in [5.74, 6) is -2.49. The van der Waals surface area contributed by atoms with Gasteiger partial charge in [0.05, 0.1) is 18.8 Å². The van der Waals surface area contributed by atoms with Gasteiger partial charge < -0.3 is 29.7 Å². The number of carbonyl (C=O) groups is 2. The summed E-state index contributed by atoms with van der Waals surface area (Å²) in [7, 11) is 0. The Kier molecular flexibility index (Phi) is 12.0. The first-order valence-electron chi connectivity index (χ1n) is 19.4. The van der Waals surface area contributed by atoms with Gasteiger partial charge in [-0.1, -0.05) is 79.7 Å². The lowest BCUT2D eigenvalue weighted by atomic mass is 9.89. The van der Waals surface area contributed by atoms with E-state index in [2.05, 4.69) is 22.0 Å². The van der Waals surface area contributed by atoms with Gasteiger partial charge in [-0.15, -0.1) is 0 Å². The smallest absolute Gasteiger partial charge is 0.392 e. The van der Waals surface area contributed by atoms with Crippen molar-refractivity contribution in [2.24, 2.45) is 5.92 Å². The van der Waals surface area contributed by atoms with Crippen molar-refractivity contribution in [1.82, 2.24) is 20.0 Å². The number of rotatable bonds is 11. The van der Waals surface area contributed by atoms with Crippen molar-refractivity contribution in [1.29, 1.82) is 0 Å². The van der Waals surface area contributed by atoms with Gasteiger partial charge in [-0.2, -0.15) is 13.2 Å². The van der Waals surface area contributed by atoms with Gasteiger partial charge in [-0.05, 0) is 86.0 Å². The molecule has 0 aromatic heterocycles. The van der Waals surface area contributed by atoms with Crippen molar-refractivity contribution in [2.75, 3.05) is 39.3 Å². The molecule has 0 aliphatic carbocycles. The van der Waals surface area contributed by atoms with E-state index >= 15 is 0 Å². The van der Waals surface area contributed by atoms with Crippen LogP contribution in [-0.4, -0.2) is 95.3 Å². The number of alkyl halides is 3. The van der Waals surface area contributed by atoms with Crippen molar-refractivity contribution < 1.29 is 37.3 Å². The zero-order valence-electron chi connectivity index (χ0n) is 30.8. The average Bonchev–Trinajstić information content (AvgIpc) is 3.98. The fraction of sp³-hybridized carbons (Fsp3) is 0.524. The van der Waals surface area contributed by atoms with E-state index in [1.807, 2.05) is 72.8 Å². The maximum Gasteiger partial charge on any atom is 0.471 e. The van der Waals surface area contributed by atoms with Crippen LogP contribution in [0.25, 0.3) is 11.1 Å². The second kappa shape index (κ2) is 16.9. The molecule has 0 spiro atoms. The van der Waals surface area contributed by atoms with Gasteiger partial charge in [-0.3, -0.25) is 14.5 Å². The van der Waals surface area contributed by atoms with Crippen molar-refractivity contribution in [2.45, 2.75) is 95.4 Å². The molecular formula is C42H51F3N4O5. The number of aliphatic hydroxyl groups is 1. The van der Waals surface area contributed by atoms with E-state index in [0.29, 0.717) is 17.4 Å². The number of carbonyl (C=O) groups excluding carboxylic acids is 2. The van der Waals surface area contributed by atoms with Gasteiger partial charge in [0.2, 0.25) is 5.91 Å². The summed E-state index contributed by atoms with van der Waals surface area (Å²) in [6.07, 6.45) is -0.437. The van der Waals surface area contributed by atoms with E-state index in [9.17, 15) is 27.9 Å². The summed E-state index contributed by atoms with van der Waals surface area (Å²) in [4.78, 5) is 30.8. The summed E-state index contributed by atoms with van der Waals surface area (Å²) in [5, 5.41) is 12.4. The highest BCUT2D eigenvalue weighted by molar-refractivity contribution is 5.90. The van der Waals surface area contributed by atoms with Crippen LogP contribution in [0.15, 0.2) is 72.8 Å². The highest BCUT2D eigenvalue weighted by Crippen LogP contribution is 2.43. The molecule has 3 aromatic rings. The second-order valence-electron chi connectivity index (χ2n) is 15.3. The summed E-state index contributed by atoms with van der Waals surface area (Å²) in [6.45, 7) is 7.55. The third-order valence-corrected chi connectivity index (χ3v) is 11.7. The Bertz CT molecular complexity index is 1730. The van der Waals surface area contributed by atoms with Crippen LogP contribution >= 0.6 is 0 Å². The quantitative estimate of drug-likeness (QED) is 0.236. The molecule has 4 fully saturated rings. The van der Waals surface area contributed by atoms with Gasteiger partial charge in [-0.25, -0.2) is 0 Å². The van der Waals surface area contributed by atoms with E-state index in [0.717, 1.165) is 53.0 Å². The fourth-order valence-corrected chi connectivity index (χ4v) is 8.69. The van der Waals surface area contributed by atoms with Crippen LogP contribution in [0.4, 0.5) is 13.2 Å². The SMILES string of the molecule is C[C@@H]1[C@H](CN2CCC[C@H]2CN2CCCC2)O[C@H](c2ccc(-c3ccccc3CNC(=O)[C@@H]3CCCN3C(=O)C(F)(F)F)cc2)O[C@@H]1c1ccc(CO)cc1. The molecule has 0 bridgehead atoms. The number of nitrogens with zero attached hydrogens (tertiary/aromatic N) is 3. The van der Waals surface area contributed by atoms with Crippen LogP contribution in [0.2, 0.25) is 0 Å². The molecule has 2 amide bonds. The van der Waals surface area contributed by atoms with Crippen LogP contribution in [0, 0.1) is 5.92 Å². The summed E-state index contributed by atoms with van der Waals surface area (Å²) >= 11 is 0. The molecule has 4 aliphatic heterocycles. The molecule has 54 heavy (non-hydrogen) atoms. The topological polar surface area (TPSA) is 94.6 Å². The first-order chi connectivity index (χ1) is 26.1. The van der Waals surface area contributed by atoms with E-state index in [1.165, 1.54) is 38.8 Å². The molecule has 9 nitrogen and oxygen atoms in total. The number of benzene rings is 3. The van der Waals surface area contributed by atoms with Crippen LogP contribution in [0.1, 0.15) is 80.1 Å². The van der Waals surface area contributed by atoms with Crippen molar-refractivity contribution in [3.8, 4) is 11.1 Å². The molecule has 4 aliphatic rings. The Balaban J connectivity index is 1.07. The minimum Gasteiger partial charge on any atom is -0.392 e. The standard InChI is InChI=1S/C42H51F3N4O5/c1-28-37(26-48-22-6-9-34(48)25-47-20-4-5-21-47)53-40(54-38(28)31-14-12-29(27-50)13-15-31)32-18-16-30(17-19-32)35-10-3-2-8-33(35)24-46-39(51)36-11-7-23-49(36)41(52)42(43,44)45/h2-3,8,10,12-19,28,34,36-38,40,50H,4-7,9,11,20-27H2,1H3,(H,46,51)/t28-,34+,36+,37+,38+,40+/m1/s1. The van der Waals surface area contributed by atoms with Gasteiger partial charge in [0.25, 0.3) is 0 Å². The Hall–Kier alpha value is -3.81. The van der Waals surface area contributed by atoms with Gasteiger partial charge in [0.1, 0.15) is 6.04 Å². The predicted octanol–water partition coefficient (Wildman–Crippen LogP) is 6.37. The first kappa shape index (κ1) is 38.5. The maximum atomic E-state index is 13.1. The number of hydrogen-bond acceptors (Lipinski definition) is 7. The monoisotopic (exact) mass is 748 g/mol. The number of nitrogens with one attached hydrogen (secondary N) is 1. The minimum absolute atomic E-state index is 0.0208. The molecule has 0 saturated carbocycles. The zero-order chi connectivity index (χ0) is 37.8. The van der Waals surface area contributed by atoms with E-state index in [1.54, 1.807) is 0 Å². The highest BCUT2D eigenvalue weighted by Gasteiger charge is 2.47. The van der Waals surface area contributed by atoms with Crippen molar-refractivity contribution >= 4 is 11.8 Å². The number of halogens is 3. The fourth-order valence-electron chi connectivity index (χ4n) is 8.69. The molecule has 290 valence electrons. The molecule has 12 heteroatoms. The van der Waals surface area contributed by atoms with Gasteiger partial charge in [0.15, 0.2) is 6.29 Å². The van der Waals surface area contributed by atoms with E-state index < -0.39 is 30.3 Å². The normalized spacial score (nSPS) is 26.7. The lowest BCUT2D eigenvalue weighted by molar-refractivity contribution is -0.276. The third kappa shape index (κ3) is 8.68. The van der Waals surface area contributed by atoms with E-state index in [-0.39, 0.29) is 44.2 Å². The van der Waals surface area contributed by atoms with Crippen LogP contribution < -0.4 is 5.32 Å². The summed E-state index contributed by atoms with van der Waals surface area (Å²) in [5.41, 5.74) is 5.34. The minimum atomic E-state index is -5.02. The number of hydrogen-bond donors (Lipinski definition) is 2. The van der Waals surface area contributed by atoms with Crippen LogP contribution in [0.3, 0.4) is 0 Å². The largest absolute Gasteiger partial charge is 0.471 e. The van der Waals surface area contributed by atoms with Crippen molar-refractivity contribution in [3.05, 3.63) is 95.1 Å². The lowest BCUT2D eigenvalue weighted by Gasteiger charge is -2.43. The Labute approximate surface area is 315 Å². The average molecular weight is 749 g/mol. The summed E-state index contributed by atoms with van der Waals surface area (Å²) < 4.78 is 53.0. The Morgan fingerprint density at radius 1 is 0.833 bits per heavy atom. The Morgan fingerprint density at radius 2 is 1.54 bits per heavy atom. The van der Waals surface area contributed by atoms with E-state index in [4.69, 9.17) is 9.47 Å². The third-order valence-electron chi connectivity index (χ3n) is 11.7. The second-order valence-corrected chi connectivity index (χ2v) is 15.3. The molecular weight excluding hydrogens is 697 g/mol. The van der Waals surface area contributed by atoms with Crippen LogP contribution in [0.5, 0.6) is 0 Å². The maximum absolute atomic E-state index is 13.1. The molecule has 6 atom stereocenters. The molecule has 2 N–H and O–H groups in total. The van der Waals surface area contributed by atoms with Gasteiger partial charge >= 0.3 is 12.1 Å². The zero-order valence-corrected chi connectivity index (χ0v) is 30.8. The molecule has 0 unspecified atom stereocenters. The highest BCUT2D eigenvalue weighted by atomic mass is 19.4. The Morgan fingerprint density at radius 3 is 2.26 bits per heavy atom. The number of aliphatic hydroxyl groups excluding tert-OH is 1. The number of amides is 2. The molecule has 4 heterocycles. The van der Waals surface area contributed by atoms with Crippen LogP contribution in [-0.2, 0) is 32.2 Å². The van der Waals surface area contributed by atoms with Gasteiger partial charge in [0, 0.05) is 43.7 Å². The molecule has 4 saturated heterocycles. The predicted molar refractivity (Wildman–Crippen MR) is 198 cm³/mol. The summed E-state index contributed by atoms with van der Waals surface area (Å²) in [6, 6.07) is 22.9. The molecule has 0 radical (unpaired) electrons. The first-order valence-corrected chi connectivity index (χ1v) is 19.4.